The third kappa shape index (κ3) is 6.33. The minimum absolute atomic E-state index is 0.469. The van der Waals surface area contributed by atoms with Gasteiger partial charge in [-0.15, -0.1) is 0 Å². The van der Waals surface area contributed by atoms with Crippen molar-refractivity contribution in [1.29, 1.82) is 0 Å². The minimum atomic E-state index is -2.75. The van der Waals surface area contributed by atoms with Gasteiger partial charge >= 0.3 is 0 Å². The molecular weight excluding hydrogens is 933 g/mol. The lowest BCUT2D eigenvalue weighted by Crippen LogP contribution is -2.74. The molecule has 356 valence electrons. The van der Waals surface area contributed by atoms with E-state index in [9.17, 15) is 0 Å². The molecule has 0 N–H and O–H groups in total. The van der Waals surface area contributed by atoms with Gasteiger partial charge in [0.05, 0.1) is 33.2 Å². The van der Waals surface area contributed by atoms with Gasteiger partial charge in [-0.25, -0.2) is 0 Å². The number of nitrogens with zero attached hydrogens (tertiary/aromatic N) is 2. The van der Waals surface area contributed by atoms with Gasteiger partial charge < -0.3 is 9.13 Å². The summed E-state index contributed by atoms with van der Waals surface area (Å²) in [5.74, 6) is 0. The summed E-state index contributed by atoms with van der Waals surface area (Å²) < 4.78 is 5.08. The van der Waals surface area contributed by atoms with Gasteiger partial charge in [0, 0.05) is 32.8 Å². The molecule has 0 aliphatic heterocycles. The SMILES string of the molecule is c1ccc(C2(c3ccccc3)c3ccccc3-c3cc(-c4cccc5c6ccccc6n(-c6cccc7c8ccccc8n(-c8ccc([Si](c9ccccc9)(c9ccccc9)c9ccccc9)cc8)c67)c45)ccc32)cc1. The van der Waals surface area contributed by atoms with Crippen molar-refractivity contribution in [1.82, 2.24) is 9.13 Å². The van der Waals surface area contributed by atoms with Crippen molar-refractivity contribution in [2.45, 2.75) is 5.41 Å². The van der Waals surface area contributed by atoms with Gasteiger partial charge in [-0.3, -0.25) is 0 Å². The van der Waals surface area contributed by atoms with Crippen LogP contribution in [0.5, 0.6) is 0 Å². The number of hydrogen-bond donors (Lipinski definition) is 0. The van der Waals surface area contributed by atoms with Gasteiger partial charge in [0.15, 0.2) is 8.07 Å². The zero-order valence-corrected chi connectivity index (χ0v) is 42.8. The quantitative estimate of drug-likeness (QED) is 0.101. The summed E-state index contributed by atoms with van der Waals surface area (Å²) in [6, 6.07) is 113. The predicted octanol–water partition coefficient (Wildman–Crippen LogP) is 15.3. The second kappa shape index (κ2) is 17.6. The van der Waals surface area contributed by atoms with Crippen molar-refractivity contribution >= 4 is 72.4 Å². The third-order valence-electron chi connectivity index (χ3n) is 16.6. The number of benzene rings is 12. The molecule has 2 aromatic heterocycles. The summed E-state index contributed by atoms with van der Waals surface area (Å²) in [4.78, 5) is 0. The van der Waals surface area contributed by atoms with E-state index < -0.39 is 13.5 Å². The van der Waals surface area contributed by atoms with Crippen molar-refractivity contribution in [2.75, 3.05) is 0 Å². The van der Waals surface area contributed by atoms with E-state index in [1.54, 1.807) is 0 Å². The molecule has 1 aliphatic carbocycles. The summed E-state index contributed by atoms with van der Waals surface area (Å²) >= 11 is 0. The molecule has 2 heterocycles. The molecule has 14 aromatic rings. The highest BCUT2D eigenvalue weighted by Crippen LogP contribution is 2.57. The van der Waals surface area contributed by atoms with E-state index in [0.717, 1.165) is 11.4 Å². The van der Waals surface area contributed by atoms with Crippen molar-refractivity contribution in [3.63, 3.8) is 0 Å². The van der Waals surface area contributed by atoms with E-state index in [4.69, 9.17) is 0 Å². The largest absolute Gasteiger partial charge is 0.307 e. The highest BCUT2D eigenvalue weighted by atomic mass is 28.3. The minimum Gasteiger partial charge on any atom is -0.307 e. The van der Waals surface area contributed by atoms with E-state index in [2.05, 4.69) is 312 Å². The third-order valence-corrected chi connectivity index (χ3v) is 21.4. The van der Waals surface area contributed by atoms with Crippen LogP contribution in [0.1, 0.15) is 22.3 Å². The molecule has 2 nitrogen and oxygen atoms in total. The molecule has 76 heavy (non-hydrogen) atoms. The number of para-hydroxylation sites is 4. The molecular formula is C73H50N2Si. The van der Waals surface area contributed by atoms with Gasteiger partial charge in [0.25, 0.3) is 0 Å². The van der Waals surface area contributed by atoms with E-state index in [-0.39, 0.29) is 0 Å². The van der Waals surface area contributed by atoms with Gasteiger partial charge in [0.1, 0.15) is 0 Å². The first kappa shape index (κ1) is 44.0. The maximum atomic E-state index is 2.56. The summed E-state index contributed by atoms with van der Waals surface area (Å²) in [5, 5.41) is 10.3. The molecule has 0 spiro atoms. The maximum absolute atomic E-state index is 2.75. The maximum Gasteiger partial charge on any atom is 0.179 e. The summed E-state index contributed by atoms with van der Waals surface area (Å²) in [7, 11) is -2.75. The number of fused-ring (bicyclic) bond motifs is 9. The average Bonchev–Trinajstić information content (AvgIpc) is 4.32. The lowest BCUT2D eigenvalue weighted by atomic mass is 9.67. The van der Waals surface area contributed by atoms with E-state index in [1.165, 1.54) is 109 Å². The van der Waals surface area contributed by atoms with E-state index >= 15 is 0 Å². The van der Waals surface area contributed by atoms with Crippen LogP contribution in [-0.2, 0) is 5.41 Å². The second-order valence-electron chi connectivity index (χ2n) is 20.3. The Morgan fingerprint density at radius 1 is 0.276 bits per heavy atom. The molecule has 3 heteroatoms. The Morgan fingerprint density at radius 3 is 1.30 bits per heavy atom. The highest BCUT2D eigenvalue weighted by molar-refractivity contribution is 7.19. The lowest BCUT2D eigenvalue weighted by molar-refractivity contribution is 0.768. The van der Waals surface area contributed by atoms with Crippen molar-refractivity contribution in [3.8, 4) is 33.6 Å². The van der Waals surface area contributed by atoms with Crippen LogP contribution in [0.25, 0.3) is 77.2 Å². The van der Waals surface area contributed by atoms with Crippen LogP contribution in [0, 0.1) is 0 Å². The van der Waals surface area contributed by atoms with E-state index in [0.29, 0.717) is 0 Å². The standard InChI is InChI=1S/C73H50N2Si/c1-6-24-52(25-7-1)73(53-26-8-2-9-27-53)66-40-19-16-34-60(66)65-50-51(44-49-67(65)73)59-37-22-38-63-61-35-18-21-42-69(61)75(71(59)63)70-43-23-39-64-62-36-17-20-41-68(62)74(72(64)70)54-45-47-58(48-46-54)76(55-28-10-3-11-29-55,56-30-12-4-13-31-56)57-32-14-5-15-33-57/h1-50H. The molecule has 12 aromatic carbocycles. The first-order valence-electron chi connectivity index (χ1n) is 26.4. The number of aromatic nitrogens is 2. The molecule has 0 amide bonds. The molecule has 0 unspecified atom stereocenters. The van der Waals surface area contributed by atoms with Gasteiger partial charge in [-0.1, -0.05) is 267 Å². The molecule has 0 saturated carbocycles. The molecule has 0 bridgehead atoms. The Kier molecular flexibility index (Phi) is 10.2. The van der Waals surface area contributed by atoms with Crippen LogP contribution in [0.15, 0.2) is 303 Å². The second-order valence-corrected chi connectivity index (χ2v) is 24.1. The molecule has 0 radical (unpaired) electrons. The van der Waals surface area contributed by atoms with Crippen molar-refractivity contribution in [2.24, 2.45) is 0 Å². The van der Waals surface area contributed by atoms with Crippen LogP contribution >= 0.6 is 0 Å². The molecule has 0 atom stereocenters. The van der Waals surface area contributed by atoms with Crippen LogP contribution in [0.2, 0.25) is 0 Å². The Hall–Kier alpha value is -9.54. The molecule has 15 rings (SSSR count). The highest BCUT2D eigenvalue weighted by Gasteiger charge is 2.46. The Labute approximate surface area is 443 Å². The van der Waals surface area contributed by atoms with Gasteiger partial charge in [-0.05, 0) is 96.1 Å². The van der Waals surface area contributed by atoms with Crippen LogP contribution < -0.4 is 20.7 Å². The number of hydrogen-bond acceptors (Lipinski definition) is 0. The van der Waals surface area contributed by atoms with Gasteiger partial charge in [0.2, 0.25) is 0 Å². The Morgan fingerprint density at radius 2 is 0.711 bits per heavy atom. The molecule has 0 fully saturated rings. The fraction of sp³-hybridized carbons (Fsp3) is 0.0137. The van der Waals surface area contributed by atoms with Crippen LogP contribution in [-0.4, -0.2) is 17.2 Å². The van der Waals surface area contributed by atoms with Crippen molar-refractivity contribution in [3.05, 3.63) is 326 Å². The van der Waals surface area contributed by atoms with Gasteiger partial charge in [-0.2, -0.15) is 0 Å². The first-order valence-corrected chi connectivity index (χ1v) is 28.4. The van der Waals surface area contributed by atoms with Crippen LogP contribution in [0.4, 0.5) is 0 Å². The van der Waals surface area contributed by atoms with E-state index in [1.807, 2.05) is 0 Å². The smallest absolute Gasteiger partial charge is 0.179 e. The topological polar surface area (TPSA) is 9.86 Å². The first-order chi connectivity index (χ1) is 37.7. The predicted molar refractivity (Wildman–Crippen MR) is 321 cm³/mol. The normalized spacial score (nSPS) is 12.8. The average molecular weight is 983 g/mol. The summed E-state index contributed by atoms with van der Waals surface area (Å²) in [5.41, 5.74) is 16.6. The molecule has 0 saturated heterocycles. The summed E-state index contributed by atoms with van der Waals surface area (Å²) in [6.45, 7) is 0. The Balaban J connectivity index is 0.967. The lowest BCUT2D eigenvalue weighted by Gasteiger charge is -2.34. The monoisotopic (exact) mass is 982 g/mol. The van der Waals surface area contributed by atoms with Crippen LogP contribution in [0.3, 0.4) is 0 Å². The summed E-state index contributed by atoms with van der Waals surface area (Å²) in [6.07, 6.45) is 0. The zero-order chi connectivity index (χ0) is 50.2. The zero-order valence-electron chi connectivity index (χ0n) is 41.8. The number of rotatable bonds is 9. The fourth-order valence-corrected chi connectivity index (χ4v) is 18.2. The Bertz CT molecular complexity index is 4350. The fourth-order valence-electron chi connectivity index (χ4n) is 13.5. The molecule has 1 aliphatic rings. The van der Waals surface area contributed by atoms with Crippen molar-refractivity contribution < 1.29 is 0 Å².